The maximum atomic E-state index is 14.0. The Kier molecular flexibility index (Phi) is 8.52. The normalized spacial score (nSPS) is 11.2. The van der Waals surface area contributed by atoms with Crippen LogP contribution in [0.3, 0.4) is 0 Å². The number of nitrogens with one attached hydrogen (secondary N) is 2. The number of rotatable bonds is 9. The van der Waals surface area contributed by atoms with Gasteiger partial charge in [0.25, 0.3) is 0 Å². The van der Waals surface area contributed by atoms with Gasteiger partial charge < -0.3 is 20.1 Å². The van der Waals surface area contributed by atoms with Crippen LogP contribution >= 0.6 is 12.4 Å². The van der Waals surface area contributed by atoms with Gasteiger partial charge in [-0.2, -0.15) is 4.98 Å². The number of nitrogens with two attached hydrogens (primary N) is 1. The van der Waals surface area contributed by atoms with Gasteiger partial charge in [-0.15, -0.1) is 12.4 Å². The molecule has 0 bridgehead atoms. The van der Waals surface area contributed by atoms with E-state index in [0.29, 0.717) is 41.1 Å². The first-order chi connectivity index (χ1) is 18.7. The van der Waals surface area contributed by atoms with Gasteiger partial charge in [-0.05, 0) is 48.0 Å². The first kappa shape index (κ1) is 28.7. The van der Waals surface area contributed by atoms with Crippen molar-refractivity contribution in [2.45, 2.75) is 12.3 Å². The van der Waals surface area contributed by atoms with Crippen LogP contribution in [0.5, 0.6) is 0 Å². The molecule has 10 nitrogen and oxygen atoms in total. The molecule has 0 spiro atoms. The van der Waals surface area contributed by atoms with Crippen molar-refractivity contribution in [3.05, 3.63) is 95.9 Å². The lowest BCUT2D eigenvalue weighted by atomic mass is 10.2. The molecule has 0 unspecified atom stereocenters. The van der Waals surface area contributed by atoms with Crippen LogP contribution < -0.4 is 20.7 Å². The molecule has 2 aromatic heterocycles. The van der Waals surface area contributed by atoms with E-state index in [4.69, 9.17) is 10.1 Å². The maximum Gasteiger partial charge on any atom is 0.229 e. The molecule has 0 saturated heterocycles. The number of hydrogen-bond acceptors (Lipinski definition) is 8. The van der Waals surface area contributed by atoms with E-state index in [0.717, 1.165) is 16.7 Å². The molecule has 2 heterocycles. The predicted molar refractivity (Wildman–Crippen MR) is 158 cm³/mol. The minimum atomic E-state index is -3.60. The third kappa shape index (κ3) is 6.65. The highest BCUT2D eigenvalue weighted by Gasteiger charge is 2.13. The van der Waals surface area contributed by atoms with Crippen LogP contribution in [0.1, 0.15) is 11.1 Å². The molecule has 13 heteroatoms. The summed E-state index contributed by atoms with van der Waals surface area (Å²) in [6.45, 7) is 0.322. The Bertz CT molecular complexity index is 1750. The summed E-state index contributed by atoms with van der Waals surface area (Å²) < 4.78 is 38.5. The fourth-order valence-corrected chi connectivity index (χ4v) is 4.80. The fraction of sp³-hybridized carbons (Fsp3) is 0.148. The van der Waals surface area contributed by atoms with E-state index in [9.17, 15) is 12.8 Å². The van der Waals surface area contributed by atoms with E-state index in [1.807, 2.05) is 41.8 Å². The lowest BCUT2D eigenvalue weighted by Crippen LogP contribution is -2.14. The number of sulfonamides is 1. The summed E-state index contributed by atoms with van der Waals surface area (Å²) in [6.07, 6.45) is 1.65. The van der Waals surface area contributed by atoms with Crippen molar-refractivity contribution in [3.63, 3.8) is 0 Å². The largest absolute Gasteiger partial charge is 0.351 e. The average molecular weight is 583 g/mol. The van der Waals surface area contributed by atoms with E-state index >= 15 is 0 Å². The molecule has 0 radical (unpaired) electrons. The van der Waals surface area contributed by atoms with Crippen LogP contribution in [0, 0.1) is 5.82 Å². The molecule has 0 saturated carbocycles. The molecule has 4 N–H and O–H groups in total. The van der Waals surface area contributed by atoms with Crippen LogP contribution in [0.15, 0.2) is 79.0 Å². The second-order valence-electron chi connectivity index (χ2n) is 9.04. The number of hydrogen-bond donors (Lipinski definition) is 3. The van der Waals surface area contributed by atoms with E-state index in [2.05, 4.69) is 20.6 Å². The smallest absolute Gasteiger partial charge is 0.229 e. The zero-order valence-electron chi connectivity index (χ0n) is 21.7. The highest BCUT2D eigenvalue weighted by Crippen LogP contribution is 2.28. The van der Waals surface area contributed by atoms with E-state index in [1.54, 1.807) is 54.7 Å². The lowest BCUT2D eigenvalue weighted by molar-refractivity contribution is 0.597. The third-order valence-electron chi connectivity index (χ3n) is 6.21. The summed E-state index contributed by atoms with van der Waals surface area (Å²) in [5.41, 5.74) is 4.45. The Morgan fingerprint density at radius 1 is 1.02 bits per heavy atom. The molecular weight excluding hydrogens is 555 g/mol. The zero-order chi connectivity index (χ0) is 27.6. The Hall–Kier alpha value is -4.26. The second kappa shape index (κ2) is 11.9. The minimum absolute atomic E-state index is 0. The molecule has 40 heavy (non-hydrogen) atoms. The van der Waals surface area contributed by atoms with Crippen LogP contribution in [-0.4, -0.2) is 35.0 Å². The van der Waals surface area contributed by atoms with Gasteiger partial charge in [0.15, 0.2) is 0 Å². The summed E-state index contributed by atoms with van der Waals surface area (Å²) in [5.74, 6) is 1.19. The molecule has 5 rings (SSSR count). The molecule has 0 atom stereocenters. The first-order valence-corrected chi connectivity index (χ1v) is 13.7. The van der Waals surface area contributed by atoms with Crippen molar-refractivity contribution < 1.29 is 12.8 Å². The molecular formula is C27H28ClFN8O2S. The number of imidazole rings is 1. The summed E-state index contributed by atoms with van der Waals surface area (Å²) in [4.78, 5) is 15.5. The third-order valence-corrected chi connectivity index (χ3v) is 6.94. The van der Waals surface area contributed by atoms with Gasteiger partial charge in [0.05, 0.1) is 16.8 Å². The highest BCUT2D eigenvalue weighted by molar-refractivity contribution is 7.88. The number of aromatic nitrogens is 4. The van der Waals surface area contributed by atoms with Gasteiger partial charge in [0, 0.05) is 43.8 Å². The molecule has 0 aliphatic rings. The summed E-state index contributed by atoms with van der Waals surface area (Å²) in [6, 6.07) is 21.2. The number of halogens is 2. The van der Waals surface area contributed by atoms with Gasteiger partial charge in [-0.25, -0.2) is 27.9 Å². The van der Waals surface area contributed by atoms with Gasteiger partial charge in [0.1, 0.15) is 11.6 Å². The molecule has 0 aliphatic carbocycles. The molecule has 3 aromatic carbocycles. The van der Waals surface area contributed by atoms with Crippen LogP contribution in [0.25, 0.3) is 11.0 Å². The topological polar surface area (TPSA) is 131 Å². The molecule has 5 aromatic rings. The number of aryl methyl sites for hydroxylation is 1. The minimum Gasteiger partial charge on any atom is -0.351 e. The number of benzene rings is 3. The molecule has 0 fully saturated rings. The molecule has 208 valence electrons. The number of nitrogens with zero attached hydrogens (tertiary/aromatic N) is 5. The van der Waals surface area contributed by atoms with Crippen molar-refractivity contribution >= 4 is 62.6 Å². The number of anilines is 5. The highest BCUT2D eigenvalue weighted by atomic mass is 35.5. The molecule has 0 aliphatic heterocycles. The Labute approximate surface area is 237 Å². The van der Waals surface area contributed by atoms with E-state index < -0.39 is 10.0 Å². The predicted octanol–water partition coefficient (Wildman–Crippen LogP) is 4.84. The summed E-state index contributed by atoms with van der Waals surface area (Å²) in [5, 5.41) is 11.5. The van der Waals surface area contributed by atoms with Crippen molar-refractivity contribution in [3.8, 4) is 0 Å². The standard InChI is InChI=1S/C27H27FN8O2S.ClH/c1-35(25-13-14-30-26(34-25)32-20-9-7-18(8-10-20)17-39(29,37)38)21-11-12-24-23(15-21)33-27(36(24)2)31-16-19-5-3-4-6-22(19)28;/h3-15H,16-17H2,1-2H3,(H,31,33)(H2,29,37,38)(H,30,32,34);1H. The lowest BCUT2D eigenvalue weighted by Gasteiger charge is -2.19. The maximum absolute atomic E-state index is 14.0. The Morgan fingerprint density at radius 3 is 2.50 bits per heavy atom. The average Bonchev–Trinajstić information content (AvgIpc) is 3.23. The van der Waals surface area contributed by atoms with Crippen molar-refractivity contribution in [1.29, 1.82) is 0 Å². The second-order valence-corrected chi connectivity index (χ2v) is 10.7. The zero-order valence-corrected chi connectivity index (χ0v) is 23.4. The number of fused-ring (bicyclic) bond motifs is 1. The fourth-order valence-electron chi connectivity index (χ4n) is 4.15. The summed E-state index contributed by atoms with van der Waals surface area (Å²) >= 11 is 0. The van der Waals surface area contributed by atoms with Crippen LogP contribution in [0.4, 0.5) is 33.5 Å². The van der Waals surface area contributed by atoms with Crippen molar-refractivity contribution in [2.24, 2.45) is 12.2 Å². The van der Waals surface area contributed by atoms with Crippen LogP contribution in [0.2, 0.25) is 0 Å². The van der Waals surface area contributed by atoms with Crippen molar-refractivity contribution in [1.82, 2.24) is 19.5 Å². The first-order valence-electron chi connectivity index (χ1n) is 12.0. The van der Waals surface area contributed by atoms with E-state index in [1.165, 1.54) is 6.07 Å². The SMILES string of the molecule is CN(c1ccc2c(c1)nc(NCc1ccccc1F)n2C)c1ccnc(Nc2ccc(CS(N)(=O)=O)cc2)n1.Cl. The van der Waals surface area contributed by atoms with E-state index in [-0.39, 0.29) is 24.0 Å². The van der Waals surface area contributed by atoms with Gasteiger partial charge in [0.2, 0.25) is 21.9 Å². The summed E-state index contributed by atoms with van der Waals surface area (Å²) in [7, 11) is 0.212. The molecule has 0 amide bonds. The Morgan fingerprint density at radius 2 is 1.77 bits per heavy atom. The number of primary sulfonamides is 1. The monoisotopic (exact) mass is 582 g/mol. The van der Waals surface area contributed by atoms with Gasteiger partial charge in [-0.3, -0.25) is 0 Å². The Balaban J connectivity index is 0.00000370. The van der Waals surface area contributed by atoms with Gasteiger partial charge in [-0.1, -0.05) is 30.3 Å². The van der Waals surface area contributed by atoms with Crippen LogP contribution in [-0.2, 0) is 29.4 Å². The van der Waals surface area contributed by atoms with Crippen molar-refractivity contribution in [2.75, 3.05) is 22.6 Å². The quantitative estimate of drug-likeness (QED) is 0.225. The van der Waals surface area contributed by atoms with Gasteiger partial charge >= 0.3 is 0 Å².